The van der Waals surface area contributed by atoms with E-state index in [4.69, 9.17) is 10.8 Å². The van der Waals surface area contributed by atoms with Crippen LogP contribution in [0.25, 0.3) is 0 Å². The molecule has 0 heterocycles. The minimum Gasteiger partial charge on any atom is -0.396 e. The normalized spacial score (nSPS) is 12.8. The fourth-order valence-corrected chi connectivity index (χ4v) is 1.58. The Bertz CT molecular complexity index is 331. The summed E-state index contributed by atoms with van der Waals surface area (Å²) in [6.07, 6.45) is 0.691. The molecule has 4 N–H and O–H groups in total. The van der Waals surface area contributed by atoms with E-state index < -0.39 is 0 Å². The van der Waals surface area contributed by atoms with Gasteiger partial charge < -0.3 is 16.2 Å². The van der Waals surface area contributed by atoms with Gasteiger partial charge in [0.15, 0.2) is 0 Å². The standard InChI is InChI=1S/C12H19FN2O/c1-9-7-10(3-4-11(9)13)12(8-14)15-5-2-6-16/h3-4,7,12,15-16H,2,5-6,8,14H2,1H3. The molecule has 0 spiro atoms. The molecule has 0 saturated heterocycles. The Hall–Kier alpha value is -0.970. The highest BCUT2D eigenvalue weighted by molar-refractivity contribution is 5.26. The number of nitrogens with two attached hydrogens (primary N) is 1. The lowest BCUT2D eigenvalue weighted by molar-refractivity contribution is 0.283. The van der Waals surface area contributed by atoms with E-state index in [1.54, 1.807) is 19.1 Å². The predicted octanol–water partition coefficient (Wildman–Crippen LogP) is 1.11. The van der Waals surface area contributed by atoms with Gasteiger partial charge in [0.25, 0.3) is 0 Å². The van der Waals surface area contributed by atoms with Crippen LogP contribution in [-0.2, 0) is 0 Å². The Kier molecular flexibility index (Phi) is 5.38. The first kappa shape index (κ1) is 13.1. The van der Waals surface area contributed by atoms with Gasteiger partial charge in [-0.2, -0.15) is 0 Å². The number of aliphatic hydroxyl groups excluding tert-OH is 1. The molecule has 3 nitrogen and oxygen atoms in total. The number of rotatable bonds is 6. The Morgan fingerprint density at radius 2 is 2.25 bits per heavy atom. The maximum Gasteiger partial charge on any atom is 0.126 e. The second-order valence-electron chi connectivity index (χ2n) is 3.83. The summed E-state index contributed by atoms with van der Waals surface area (Å²) in [5.41, 5.74) is 7.27. The van der Waals surface area contributed by atoms with E-state index in [2.05, 4.69) is 5.32 Å². The summed E-state index contributed by atoms with van der Waals surface area (Å²) >= 11 is 0. The Labute approximate surface area is 95.5 Å². The maximum atomic E-state index is 13.1. The third-order valence-corrected chi connectivity index (χ3v) is 2.55. The topological polar surface area (TPSA) is 58.3 Å². The molecule has 0 amide bonds. The minimum absolute atomic E-state index is 0.0193. The second-order valence-corrected chi connectivity index (χ2v) is 3.83. The first-order valence-electron chi connectivity index (χ1n) is 5.49. The molecule has 1 aromatic carbocycles. The first-order chi connectivity index (χ1) is 7.69. The lowest BCUT2D eigenvalue weighted by atomic mass is 10.0. The number of benzene rings is 1. The lowest BCUT2D eigenvalue weighted by Crippen LogP contribution is -2.29. The number of aryl methyl sites for hydroxylation is 1. The van der Waals surface area contributed by atoms with Gasteiger partial charge in [-0.3, -0.25) is 0 Å². The van der Waals surface area contributed by atoms with Crippen molar-refractivity contribution in [1.29, 1.82) is 0 Å². The molecule has 0 aliphatic carbocycles. The fraction of sp³-hybridized carbons (Fsp3) is 0.500. The van der Waals surface area contributed by atoms with Gasteiger partial charge >= 0.3 is 0 Å². The van der Waals surface area contributed by atoms with E-state index in [9.17, 15) is 4.39 Å². The molecule has 0 aromatic heterocycles. The maximum absolute atomic E-state index is 13.1. The van der Waals surface area contributed by atoms with Crippen molar-refractivity contribution in [1.82, 2.24) is 5.32 Å². The van der Waals surface area contributed by atoms with Crippen LogP contribution in [0.5, 0.6) is 0 Å². The van der Waals surface area contributed by atoms with E-state index in [0.29, 0.717) is 25.1 Å². The highest BCUT2D eigenvalue weighted by Crippen LogP contribution is 2.15. The molecule has 4 heteroatoms. The SMILES string of the molecule is Cc1cc(C(CN)NCCCO)ccc1F. The van der Waals surface area contributed by atoms with Crippen molar-refractivity contribution >= 4 is 0 Å². The van der Waals surface area contributed by atoms with Crippen molar-refractivity contribution in [3.8, 4) is 0 Å². The highest BCUT2D eigenvalue weighted by Gasteiger charge is 2.09. The molecule has 1 aromatic rings. The van der Waals surface area contributed by atoms with E-state index in [0.717, 1.165) is 5.56 Å². The van der Waals surface area contributed by atoms with Crippen LogP contribution in [0.15, 0.2) is 18.2 Å². The summed E-state index contributed by atoms with van der Waals surface area (Å²) in [4.78, 5) is 0. The van der Waals surface area contributed by atoms with Gasteiger partial charge in [0.05, 0.1) is 0 Å². The predicted molar refractivity (Wildman–Crippen MR) is 62.6 cm³/mol. The number of hydrogen-bond acceptors (Lipinski definition) is 3. The summed E-state index contributed by atoms with van der Waals surface area (Å²) < 4.78 is 13.1. The van der Waals surface area contributed by atoms with Crippen LogP contribution in [0, 0.1) is 12.7 Å². The van der Waals surface area contributed by atoms with E-state index in [-0.39, 0.29) is 18.5 Å². The molecule has 1 atom stereocenters. The van der Waals surface area contributed by atoms with Crippen molar-refractivity contribution in [2.24, 2.45) is 5.73 Å². The number of nitrogens with one attached hydrogen (secondary N) is 1. The van der Waals surface area contributed by atoms with Crippen molar-refractivity contribution in [2.45, 2.75) is 19.4 Å². The van der Waals surface area contributed by atoms with Gasteiger partial charge in [-0.15, -0.1) is 0 Å². The van der Waals surface area contributed by atoms with Crippen molar-refractivity contribution in [2.75, 3.05) is 19.7 Å². The highest BCUT2D eigenvalue weighted by atomic mass is 19.1. The van der Waals surface area contributed by atoms with E-state index in [1.807, 2.05) is 0 Å². The Morgan fingerprint density at radius 1 is 1.50 bits per heavy atom. The summed E-state index contributed by atoms with van der Waals surface area (Å²) in [6.45, 7) is 3.05. The molecule has 0 fully saturated rings. The molecule has 0 aliphatic heterocycles. The molecule has 0 saturated carbocycles. The minimum atomic E-state index is -0.199. The molecule has 1 rings (SSSR count). The van der Waals surface area contributed by atoms with Crippen molar-refractivity contribution < 1.29 is 9.50 Å². The Balaban J connectivity index is 2.67. The second kappa shape index (κ2) is 6.58. The number of halogens is 1. The van der Waals surface area contributed by atoms with Crippen LogP contribution in [0.4, 0.5) is 4.39 Å². The van der Waals surface area contributed by atoms with Crippen LogP contribution in [0.1, 0.15) is 23.6 Å². The molecule has 0 radical (unpaired) electrons. The van der Waals surface area contributed by atoms with Crippen LogP contribution >= 0.6 is 0 Å². The van der Waals surface area contributed by atoms with Gasteiger partial charge in [0, 0.05) is 19.2 Å². The molecule has 16 heavy (non-hydrogen) atoms. The summed E-state index contributed by atoms with van der Waals surface area (Å²) in [5, 5.41) is 11.9. The average molecular weight is 226 g/mol. The van der Waals surface area contributed by atoms with Crippen LogP contribution < -0.4 is 11.1 Å². The Morgan fingerprint density at radius 3 is 2.81 bits per heavy atom. The van der Waals surface area contributed by atoms with Gasteiger partial charge in [0.1, 0.15) is 5.82 Å². The van der Waals surface area contributed by atoms with Crippen LogP contribution in [-0.4, -0.2) is 24.8 Å². The van der Waals surface area contributed by atoms with Gasteiger partial charge in [-0.05, 0) is 37.1 Å². The number of aliphatic hydroxyl groups is 1. The fourth-order valence-electron chi connectivity index (χ4n) is 1.58. The molecule has 90 valence electrons. The van der Waals surface area contributed by atoms with Gasteiger partial charge in [0.2, 0.25) is 0 Å². The zero-order chi connectivity index (χ0) is 12.0. The van der Waals surface area contributed by atoms with Crippen LogP contribution in [0.3, 0.4) is 0 Å². The molecule has 0 aliphatic rings. The average Bonchev–Trinajstić information content (AvgIpc) is 2.29. The monoisotopic (exact) mass is 226 g/mol. The van der Waals surface area contributed by atoms with E-state index in [1.165, 1.54) is 6.07 Å². The summed E-state index contributed by atoms with van der Waals surface area (Å²) in [5.74, 6) is -0.199. The van der Waals surface area contributed by atoms with Gasteiger partial charge in [-0.25, -0.2) is 4.39 Å². The quantitative estimate of drug-likeness (QED) is 0.637. The molecule has 0 bridgehead atoms. The lowest BCUT2D eigenvalue weighted by Gasteiger charge is -2.17. The molecular formula is C12H19FN2O. The number of hydrogen-bond donors (Lipinski definition) is 3. The molecular weight excluding hydrogens is 207 g/mol. The van der Waals surface area contributed by atoms with E-state index >= 15 is 0 Å². The first-order valence-corrected chi connectivity index (χ1v) is 5.49. The smallest absolute Gasteiger partial charge is 0.126 e. The van der Waals surface area contributed by atoms with Crippen LogP contribution in [0.2, 0.25) is 0 Å². The zero-order valence-electron chi connectivity index (χ0n) is 9.54. The van der Waals surface area contributed by atoms with Gasteiger partial charge in [-0.1, -0.05) is 12.1 Å². The molecule has 1 unspecified atom stereocenters. The summed E-state index contributed by atoms with van der Waals surface area (Å²) in [6, 6.07) is 5.02. The van der Waals surface area contributed by atoms with Crippen molar-refractivity contribution in [3.05, 3.63) is 35.1 Å². The third-order valence-electron chi connectivity index (χ3n) is 2.55. The summed E-state index contributed by atoms with van der Waals surface area (Å²) in [7, 11) is 0. The van der Waals surface area contributed by atoms with Crippen molar-refractivity contribution in [3.63, 3.8) is 0 Å². The third kappa shape index (κ3) is 3.56. The zero-order valence-corrected chi connectivity index (χ0v) is 9.54. The largest absolute Gasteiger partial charge is 0.396 e.